The van der Waals surface area contributed by atoms with Crippen molar-refractivity contribution in [2.75, 3.05) is 12.3 Å². The van der Waals surface area contributed by atoms with Gasteiger partial charge in [0.1, 0.15) is 5.82 Å². The van der Waals surface area contributed by atoms with Crippen molar-refractivity contribution >= 4 is 5.69 Å². The van der Waals surface area contributed by atoms with Crippen LogP contribution in [0.1, 0.15) is 44.6 Å². The second-order valence-corrected chi connectivity index (χ2v) is 5.23. The summed E-state index contributed by atoms with van der Waals surface area (Å²) >= 11 is 0. The molecular formula is C15H23FN2. The van der Waals surface area contributed by atoms with E-state index in [2.05, 4.69) is 11.8 Å². The van der Waals surface area contributed by atoms with Gasteiger partial charge in [0.05, 0.1) is 0 Å². The Labute approximate surface area is 109 Å². The third kappa shape index (κ3) is 3.22. The summed E-state index contributed by atoms with van der Waals surface area (Å²) in [6.45, 7) is 4.12. The van der Waals surface area contributed by atoms with Crippen molar-refractivity contribution in [3.8, 4) is 0 Å². The van der Waals surface area contributed by atoms with E-state index in [1.165, 1.54) is 31.7 Å². The van der Waals surface area contributed by atoms with Crippen LogP contribution in [0.2, 0.25) is 0 Å². The number of rotatable bonds is 3. The van der Waals surface area contributed by atoms with Gasteiger partial charge in [0.25, 0.3) is 0 Å². The summed E-state index contributed by atoms with van der Waals surface area (Å²) in [6.07, 6.45) is 6.28. The topological polar surface area (TPSA) is 29.3 Å². The quantitative estimate of drug-likeness (QED) is 0.831. The molecule has 18 heavy (non-hydrogen) atoms. The zero-order valence-corrected chi connectivity index (χ0v) is 11.2. The molecule has 1 heterocycles. The maximum absolute atomic E-state index is 13.3. The molecule has 0 aromatic heterocycles. The molecule has 1 fully saturated rings. The van der Waals surface area contributed by atoms with Crippen LogP contribution in [0.5, 0.6) is 0 Å². The van der Waals surface area contributed by atoms with Crippen molar-refractivity contribution < 1.29 is 4.39 Å². The van der Waals surface area contributed by atoms with Crippen molar-refractivity contribution in [2.45, 2.75) is 51.6 Å². The van der Waals surface area contributed by atoms with Gasteiger partial charge < -0.3 is 5.73 Å². The van der Waals surface area contributed by atoms with Crippen LogP contribution in [-0.4, -0.2) is 17.5 Å². The summed E-state index contributed by atoms with van der Waals surface area (Å²) in [5.41, 5.74) is 7.57. The molecule has 3 heteroatoms. The zero-order chi connectivity index (χ0) is 13.0. The van der Waals surface area contributed by atoms with Gasteiger partial charge in [0.15, 0.2) is 0 Å². The van der Waals surface area contributed by atoms with E-state index in [4.69, 9.17) is 5.73 Å². The average molecular weight is 250 g/mol. The van der Waals surface area contributed by atoms with E-state index in [-0.39, 0.29) is 5.82 Å². The molecule has 0 spiro atoms. The lowest BCUT2D eigenvalue weighted by molar-refractivity contribution is 0.186. The number of nitrogens with two attached hydrogens (primary N) is 1. The van der Waals surface area contributed by atoms with Crippen LogP contribution in [0.4, 0.5) is 10.1 Å². The summed E-state index contributed by atoms with van der Waals surface area (Å²) in [5.74, 6) is -0.193. The minimum absolute atomic E-state index is 0.193. The molecule has 0 bridgehead atoms. The smallest absolute Gasteiger partial charge is 0.123 e. The van der Waals surface area contributed by atoms with Crippen LogP contribution >= 0.6 is 0 Å². The fourth-order valence-corrected chi connectivity index (χ4v) is 2.84. The molecule has 2 rings (SSSR count). The second kappa shape index (κ2) is 6.19. The molecule has 1 aromatic carbocycles. The highest BCUT2D eigenvalue weighted by Crippen LogP contribution is 2.23. The number of benzene rings is 1. The van der Waals surface area contributed by atoms with E-state index in [1.54, 1.807) is 12.1 Å². The third-order valence-corrected chi connectivity index (χ3v) is 3.95. The molecule has 0 aliphatic carbocycles. The van der Waals surface area contributed by atoms with Crippen molar-refractivity contribution in [1.29, 1.82) is 0 Å². The first-order valence-electron chi connectivity index (χ1n) is 6.98. The van der Waals surface area contributed by atoms with Crippen LogP contribution in [-0.2, 0) is 6.54 Å². The molecule has 1 saturated heterocycles. The Morgan fingerprint density at radius 2 is 2.17 bits per heavy atom. The van der Waals surface area contributed by atoms with E-state index in [0.29, 0.717) is 11.7 Å². The van der Waals surface area contributed by atoms with Crippen molar-refractivity contribution in [3.05, 3.63) is 29.6 Å². The van der Waals surface area contributed by atoms with Crippen molar-refractivity contribution in [1.82, 2.24) is 4.90 Å². The molecule has 0 amide bonds. The standard InChI is InChI=1S/C15H23FN2/c1-2-14-6-4-3-5-9-18(14)11-12-10-13(16)7-8-15(12)17/h7-8,10,14H,2-6,9,11,17H2,1H3. The molecule has 0 saturated carbocycles. The number of hydrogen-bond acceptors (Lipinski definition) is 2. The summed E-state index contributed by atoms with van der Waals surface area (Å²) in [5, 5.41) is 0. The monoisotopic (exact) mass is 250 g/mol. The molecular weight excluding hydrogens is 227 g/mol. The molecule has 1 aromatic rings. The zero-order valence-electron chi connectivity index (χ0n) is 11.2. The van der Waals surface area contributed by atoms with Gasteiger partial charge in [0.2, 0.25) is 0 Å². The Hall–Kier alpha value is -1.09. The minimum Gasteiger partial charge on any atom is -0.398 e. The number of likely N-dealkylation sites (tertiary alicyclic amines) is 1. The average Bonchev–Trinajstić information content (AvgIpc) is 2.59. The van der Waals surface area contributed by atoms with Gasteiger partial charge in [-0.05, 0) is 49.6 Å². The fraction of sp³-hybridized carbons (Fsp3) is 0.600. The highest BCUT2D eigenvalue weighted by atomic mass is 19.1. The largest absolute Gasteiger partial charge is 0.398 e. The number of anilines is 1. The number of nitrogens with zero attached hydrogens (tertiary/aromatic N) is 1. The highest BCUT2D eigenvalue weighted by molar-refractivity contribution is 5.46. The summed E-state index contributed by atoms with van der Waals surface area (Å²) in [4.78, 5) is 2.47. The van der Waals surface area contributed by atoms with Gasteiger partial charge in [0, 0.05) is 18.3 Å². The lowest BCUT2D eigenvalue weighted by Gasteiger charge is -2.29. The van der Waals surface area contributed by atoms with Gasteiger partial charge in [-0.3, -0.25) is 4.90 Å². The maximum Gasteiger partial charge on any atom is 0.123 e. The molecule has 2 nitrogen and oxygen atoms in total. The summed E-state index contributed by atoms with van der Waals surface area (Å²) in [7, 11) is 0. The molecule has 2 N–H and O–H groups in total. The highest BCUT2D eigenvalue weighted by Gasteiger charge is 2.20. The van der Waals surface area contributed by atoms with E-state index in [0.717, 1.165) is 25.1 Å². The van der Waals surface area contributed by atoms with E-state index in [1.807, 2.05) is 0 Å². The van der Waals surface area contributed by atoms with Crippen LogP contribution < -0.4 is 5.73 Å². The lowest BCUT2D eigenvalue weighted by atomic mass is 10.1. The number of nitrogen functional groups attached to an aromatic ring is 1. The number of hydrogen-bond donors (Lipinski definition) is 1. The van der Waals surface area contributed by atoms with Crippen LogP contribution in [0, 0.1) is 5.82 Å². The van der Waals surface area contributed by atoms with Crippen LogP contribution in [0.15, 0.2) is 18.2 Å². The first kappa shape index (κ1) is 13.3. The Morgan fingerprint density at radius 1 is 1.33 bits per heavy atom. The Balaban J connectivity index is 2.12. The van der Waals surface area contributed by atoms with E-state index >= 15 is 0 Å². The maximum atomic E-state index is 13.3. The van der Waals surface area contributed by atoms with Crippen LogP contribution in [0.3, 0.4) is 0 Å². The summed E-state index contributed by atoms with van der Waals surface area (Å²) in [6, 6.07) is 5.30. The van der Waals surface area contributed by atoms with Gasteiger partial charge in [-0.25, -0.2) is 4.39 Å². The third-order valence-electron chi connectivity index (χ3n) is 3.95. The molecule has 1 atom stereocenters. The Bertz CT molecular complexity index is 392. The van der Waals surface area contributed by atoms with Gasteiger partial charge >= 0.3 is 0 Å². The summed E-state index contributed by atoms with van der Waals surface area (Å²) < 4.78 is 13.3. The van der Waals surface area contributed by atoms with E-state index < -0.39 is 0 Å². The van der Waals surface area contributed by atoms with Gasteiger partial charge in [-0.2, -0.15) is 0 Å². The predicted octanol–water partition coefficient (Wildman–Crippen LogP) is 3.56. The molecule has 1 aliphatic rings. The normalized spacial score (nSPS) is 21.8. The first-order chi connectivity index (χ1) is 8.70. The molecule has 100 valence electrons. The molecule has 0 radical (unpaired) electrons. The molecule has 1 aliphatic heterocycles. The predicted molar refractivity (Wildman–Crippen MR) is 73.8 cm³/mol. The number of halogens is 1. The van der Waals surface area contributed by atoms with Gasteiger partial charge in [-0.1, -0.05) is 19.8 Å². The van der Waals surface area contributed by atoms with Gasteiger partial charge in [-0.15, -0.1) is 0 Å². The lowest BCUT2D eigenvalue weighted by Crippen LogP contribution is -2.34. The first-order valence-corrected chi connectivity index (χ1v) is 6.98. The second-order valence-electron chi connectivity index (χ2n) is 5.23. The van der Waals surface area contributed by atoms with Crippen molar-refractivity contribution in [3.63, 3.8) is 0 Å². The SMILES string of the molecule is CCC1CCCCCN1Cc1cc(F)ccc1N. The van der Waals surface area contributed by atoms with E-state index in [9.17, 15) is 4.39 Å². The van der Waals surface area contributed by atoms with Crippen molar-refractivity contribution in [2.24, 2.45) is 0 Å². The fourth-order valence-electron chi connectivity index (χ4n) is 2.84. The Morgan fingerprint density at radius 3 is 2.94 bits per heavy atom. The molecule has 1 unspecified atom stereocenters. The van der Waals surface area contributed by atoms with Crippen LogP contribution in [0.25, 0.3) is 0 Å². The minimum atomic E-state index is -0.193. The Kier molecular flexibility index (Phi) is 4.59.